The highest BCUT2D eigenvalue weighted by molar-refractivity contribution is 9.10. The molecular formula is C18H18BrN3O3. The minimum Gasteiger partial charge on any atom is -0.490 e. The van der Waals surface area contributed by atoms with E-state index < -0.39 is 0 Å². The molecule has 0 aliphatic heterocycles. The van der Waals surface area contributed by atoms with Crippen LogP contribution in [0.25, 0.3) is 11.5 Å². The Bertz CT molecular complexity index is 863. The first-order valence-electron chi connectivity index (χ1n) is 7.81. The van der Waals surface area contributed by atoms with Gasteiger partial charge in [-0.1, -0.05) is 34.9 Å². The molecule has 0 bridgehead atoms. The van der Waals surface area contributed by atoms with E-state index in [9.17, 15) is 0 Å². The van der Waals surface area contributed by atoms with Gasteiger partial charge in [-0.3, -0.25) is 0 Å². The average Bonchev–Trinajstić information content (AvgIpc) is 3.02. The van der Waals surface area contributed by atoms with E-state index in [4.69, 9.17) is 19.6 Å². The summed E-state index contributed by atoms with van der Waals surface area (Å²) in [6.07, 6.45) is 0. The van der Waals surface area contributed by atoms with Gasteiger partial charge in [-0.25, -0.2) is 0 Å². The van der Waals surface area contributed by atoms with Gasteiger partial charge in [0.05, 0.1) is 11.1 Å². The number of halogens is 1. The van der Waals surface area contributed by atoms with Crippen LogP contribution in [0.5, 0.6) is 11.5 Å². The second kappa shape index (κ2) is 7.57. The lowest BCUT2D eigenvalue weighted by atomic mass is 10.1. The van der Waals surface area contributed by atoms with Crippen LogP contribution in [0.2, 0.25) is 0 Å². The number of rotatable bonds is 6. The van der Waals surface area contributed by atoms with Crippen LogP contribution < -0.4 is 15.2 Å². The number of anilines is 1. The summed E-state index contributed by atoms with van der Waals surface area (Å²) in [7, 11) is 0. The number of aromatic nitrogens is 2. The summed E-state index contributed by atoms with van der Waals surface area (Å²) in [4.78, 5) is 0. The summed E-state index contributed by atoms with van der Waals surface area (Å²) < 4.78 is 17.7. The fourth-order valence-corrected chi connectivity index (χ4v) is 2.84. The number of hydrogen-bond acceptors (Lipinski definition) is 6. The molecule has 1 heterocycles. The molecule has 6 nitrogen and oxygen atoms in total. The predicted molar refractivity (Wildman–Crippen MR) is 98.5 cm³/mol. The zero-order valence-corrected chi connectivity index (χ0v) is 15.5. The highest BCUT2D eigenvalue weighted by atomic mass is 79.9. The minimum absolute atomic E-state index is 0.0174. The van der Waals surface area contributed by atoms with E-state index in [0.717, 1.165) is 10.0 Å². The van der Waals surface area contributed by atoms with Gasteiger partial charge in [0, 0.05) is 5.56 Å². The highest BCUT2D eigenvalue weighted by Crippen LogP contribution is 2.40. The number of nitrogens with zero attached hydrogens (tertiary/aromatic N) is 2. The van der Waals surface area contributed by atoms with Crippen molar-refractivity contribution in [3.05, 3.63) is 52.0 Å². The van der Waals surface area contributed by atoms with Crippen molar-refractivity contribution < 1.29 is 13.9 Å². The Morgan fingerprint density at radius 2 is 1.88 bits per heavy atom. The van der Waals surface area contributed by atoms with Crippen LogP contribution in [0.3, 0.4) is 0 Å². The van der Waals surface area contributed by atoms with E-state index in [0.29, 0.717) is 36.2 Å². The number of hydrogen-bond donors (Lipinski definition) is 1. The monoisotopic (exact) mass is 403 g/mol. The topological polar surface area (TPSA) is 83.4 Å². The number of nitrogen functional groups attached to an aromatic ring is 1. The Kier molecular flexibility index (Phi) is 5.23. The second-order valence-corrected chi connectivity index (χ2v) is 6.29. The number of ether oxygens (including phenoxy) is 2. The van der Waals surface area contributed by atoms with Crippen LogP contribution in [-0.4, -0.2) is 16.8 Å². The van der Waals surface area contributed by atoms with E-state index in [2.05, 4.69) is 45.2 Å². The van der Waals surface area contributed by atoms with Crippen molar-refractivity contribution in [2.75, 3.05) is 12.3 Å². The number of aryl methyl sites for hydroxylation is 1. The molecule has 1 aromatic heterocycles. The third kappa shape index (κ3) is 4.11. The molecule has 0 amide bonds. The van der Waals surface area contributed by atoms with Crippen molar-refractivity contribution in [1.82, 2.24) is 10.2 Å². The third-order valence-electron chi connectivity index (χ3n) is 3.50. The molecule has 0 atom stereocenters. The summed E-state index contributed by atoms with van der Waals surface area (Å²) in [6, 6.07) is 11.8. The highest BCUT2D eigenvalue weighted by Gasteiger charge is 2.16. The van der Waals surface area contributed by atoms with E-state index in [1.54, 1.807) is 6.07 Å². The average molecular weight is 404 g/mol. The maximum absolute atomic E-state index is 5.98. The van der Waals surface area contributed by atoms with Gasteiger partial charge in [0.15, 0.2) is 11.5 Å². The third-order valence-corrected chi connectivity index (χ3v) is 4.09. The summed E-state index contributed by atoms with van der Waals surface area (Å²) in [6.45, 7) is 4.90. The Morgan fingerprint density at radius 3 is 2.52 bits per heavy atom. The van der Waals surface area contributed by atoms with Crippen LogP contribution in [0.4, 0.5) is 6.01 Å². The molecule has 0 aliphatic carbocycles. The van der Waals surface area contributed by atoms with Crippen LogP contribution in [0.1, 0.15) is 18.1 Å². The summed E-state index contributed by atoms with van der Waals surface area (Å²) in [5.74, 6) is 1.54. The Labute approximate surface area is 154 Å². The molecule has 0 saturated carbocycles. The molecule has 2 aromatic carbocycles. The fourth-order valence-electron chi connectivity index (χ4n) is 2.29. The molecule has 0 unspecified atom stereocenters. The Morgan fingerprint density at radius 1 is 1.12 bits per heavy atom. The lowest BCUT2D eigenvalue weighted by Crippen LogP contribution is -2.01. The van der Waals surface area contributed by atoms with Crippen molar-refractivity contribution in [2.24, 2.45) is 0 Å². The molecule has 0 spiro atoms. The van der Waals surface area contributed by atoms with Gasteiger partial charge < -0.3 is 19.6 Å². The first kappa shape index (κ1) is 17.3. The molecule has 130 valence electrons. The van der Waals surface area contributed by atoms with Crippen molar-refractivity contribution in [3.8, 4) is 23.0 Å². The quantitative estimate of drug-likeness (QED) is 0.657. The number of nitrogens with two attached hydrogens (primary N) is 1. The summed E-state index contributed by atoms with van der Waals surface area (Å²) in [5, 5.41) is 7.58. The van der Waals surface area contributed by atoms with Gasteiger partial charge in [0.25, 0.3) is 0 Å². The lowest BCUT2D eigenvalue weighted by Gasteiger charge is -2.15. The predicted octanol–water partition coefficient (Wildman–Crippen LogP) is 4.37. The Balaban J connectivity index is 1.88. The van der Waals surface area contributed by atoms with Gasteiger partial charge >= 0.3 is 6.01 Å². The van der Waals surface area contributed by atoms with Crippen molar-refractivity contribution >= 4 is 21.9 Å². The van der Waals surface area contributed by atoms with Crippen molar-refractivity contribution in [1.29, 1.82) is 0 Å². The van der Waals surface area contributed by atoms with Gasteiger partial charge in [0.1, 0.15) is 6.61 Å². The Hall–Kier alpha value is -2.54. The number of benzene rings is 2. The first-order chi connectivity index (χ1) is 12.1. The van der Waals surface area contributed by atoms with Gasteiger partial charge in [-0.2, -0.15) is 0 Å². The lowest BCUT2D eigenvalue weighted by molar-refractivity contribution is 0.267. The zero-order valence-electron chi connectivity index (χ0n) is 14.0. The molecule has 7 heteroatoms. The van der Waals surface area contributed by atoms with Gasteiger partial charge in [-0.15, -0.1) is 5.10 Å². The van der Waals surface area contributed by atoms with E-state index in [1.807, 2.05) is 25.1 Å². The molecule has 3 aromatic rings. The fraction of sp³-hybridized carbons (Fsp3) is 0.222. The maximum atomic E-state index is 5.98. The molecule has 2 N–H and O–H groups in total. The molecule has 3 rings (SSSR count). The largest absolute Gasteiger partial charge is 0.490 e. The van der Waals surface area contributed by atoms with Crippen LogP contribution in [0.15, 0.2) is 45.3 Å². The smallest absolute Gasteiger partial charge is 0.313 e. The SMILES string of the molecule is CCOc1cc(-c2nnc(N)o2)cc(Br)c1OCc1ccc(C)cc1. The molecule has 0 aliphatic rings. The van der Waals surface area contributed by atoms with Crippen LogP contribution in [0, 0.1) is 6.92 Å². The summed E-state index contributed by atoms with van der Waals surface area (Å²) in [5.41, 5.74) is 8.48. The van der Waals surface area contributed by atoms with E-state index in [1.165, 1.54) is 5.56 Å². The summed E-state index contributed by atoms with van der Waals surface area (Å²) >= 11 is 3.53. The molecule has 0 fully saturated rings. The van der Waals surface area contributed by atoms with E-state index >= 15 is 0 Å². The molecule has 0 radical (unpaired) electrons. The molecule has 25 heavy (non-hydrogen) atoms. The van der Waals surface area contributed by atoms with Crippen molar-refractivity contribution in [2.45, 2.75) is 20.5 Å². The van der Waals surface area contributed by atoms with Gasteiger partial charge in [-0.05, 0) is 47.5 Å². The minimum atomic E-state index is 0.0174. The van der Waals surface area contributed by atoms with Crippen LogP contribution in [-0.2, 0) is 6.61 Å². The maximum Gasteiger partial charge on any atom is 0.313 e. The second-order valence-electron chi connectivity index (χ2n) is 5.44. The van der Waals surface area contributed by atoms with E-state index in [-0.39, 0.29) is 6.01 Å². The first-order valence-corrected chi connectivity index (χ1v) is 8.60. The standard InChI is InChI=1S/C18H18BrN3O3/c1-3-23-15-9-13(17-21-22-18(20)25-17)8-14(19)16(15)24-10-12-6-4-11(2)5-7-12/h4-9H,3,10H2,1-2H3,(H2,20,22). The van der Waals surface area contributed by atoms with Gasteiger partial charge in [0.2, 0.25) is 5.89 Å². The zero-order chi connectivity index (χ0) is 17.8. The van der Waals surface area contributed by atoms with Crippen molar-refractivity contribution in [3.63, 3.8) is 0 Å². The normalized spacial score (nSPS) is 10.7. The van der Waals surface area contributed by atoms with Crippen LogP contribution >= 0.6 is 15.9 Å². The molecular weight excluding hydrogens is 386 g/mol. The molecule has 0 saturated heterocycles.